The lowest BCUT2D eigenvalue weighted by molar-refractivity contribution is 0.0697. The summed E-state index contributed by atoms with van der Waals surface area (Å²) >= 11 is 0. The molecular weight excluding hydrogens is 206 g/mol. The van der Waals surface area contributed by atoms with Gasteiger partial charge in [-0.2, -0.15) is 0 Å². The second kappa shape index (κ2) is 3.73. The number of aromatic carboxylic acids is 1. The number of carboxylic acid groups (broad SMARTS) is 1. The van der Waals surface area contributed by atoms with Crippen LogP contribution in [0.3, 0.4) is 0 Å². The quantitative estimate of drug-likeness (QED) is 0.809. The predicted molar refractivity (Wildman–Crippen MR) is 59.5 cm³/mol. The second-order valence-electron chi connectivity index (χ2n) is 3.60. The molecule has 2 N–H and O–H groups in total. The number of hydrogen-bond acceptors (Lipinski definition) is 2. The molecule has 0 aliphatic heterocycles. The fraction of sp³-hybridized carbons (Fsp3) is 0.0833. The van der Waals surface area contributed by atoms with Gasteiger partial charge in [0, 0.05) is 25.0 Å². The van der Waals surface area contributed by atoms with Crippen molar-refractivity contribution < 1.29 is 15.0 Å². The van der Waals surface area contributed by atoms with Crippen LogP contribution < -0.4 is 0 Å². The molecule has 0 atom stereocenters. The first-order valence-electron chi connectivity index (χ1n) is 4.76. The van der Waals surface area contributed by atoms with Crippen molar-refractivity contribution in [2.24, 2.45) is 7.05 Å². The van der Waals surface area contributed by atoms with E-state index in [9.17, 15) is 4.79 Å². The molecule has 1 heterocycles. The first-order chi connectivity index (χ1) is 7.58. The van der Waals surface area contributed by atoms with Gasteiger partial charge in [0.2, 0.25) is 0 Å². The lowest BCUT2D eigenvalue weighted by atomic mass is 10.0. The van der Waals surface area contributed by atoms with E-state index in [1.807, 2.05) is 0 Å². The maximum atomic E-state index is 11.0. The Labute approximate surface area is 92.4 Å². The minimum Gasteiger partial charge on any atom is -0.508 e. The first-order valence-corrected chi connectivity index (χ1v) is 4.76. The highest BCUT2D eigenvalue weighted by Gasteiger charge is 2.13. The number of carbonyl (C=O) groups is 1. The van der Waals surface area contributed by atoms with E-state index in [1.54, 1.807) is 36.1 Å². The monoisotopic (exact) mass is 217 g/mol. The van der Waals surface area contributed by atoms with Gasteiger partial charge in [-0.15, -0.1) is 0 Å². The fourth-order valence-corrected chi connectivity index (χ4v) is 1.63. The summed E-state index contributed by atoms with van der Waals surface area (Å²) in [7, 11) is 1.77. The number of hydrogen-bond donors (Lipinski definition) is 2. The molecule has 0 unspecified atom stereocenters. The Kier molecular flexibility index (Phi) is 2.40. The third-order valence-corrected chi connectivity index (χ3v) is 2.36. The van der Waals surface area contributed by atoms with E-state index < -0.39 is 5.97 Å². The van der Waals surface area contributed by atoms with Crippen LogP contribution in [0.2, 0.25) is 0 Å². The van der Waals surface area contributed by atoms with Crippen molar-refractivity contribution in [1.82, 2.24) is 4.57 Å². The van der Waals surface area contributed by atoms with E-state index in [0.29, 0.717) is 5.56 Å². The molecule has 16 heavy (non-hydrogen) atoms. The SMILES string of the molecule is Cn1cc(C(=O)O)c(-c2ccc(O)cc2)c1. The van der Waals surface area contributed by atoms with Gasteiger partial charge in [-0.25, -0.2) is 4.79 Å². The summed E-state index contributed by atoms with van der Waals surface area (Å²) < 4.78 is 1.70. The van der Waals surface area contributed by atoms with E-state index in [2.05, 4.69) is 0 Å². The van der Waals surface area contributed by atoms with Crippen LogP contribution >= 0.6 is 0 Å². The molecular formula is C12H11NO3. The maximum absolute atomic E-state index is 11.0. The molecule has 0 amide bonds. The molecule has 4 nitrogen and oxygen atoms in total. The van der Waals surface area contributed by atoms with Crippen LogP contribution in [-0.2, 0) is 7.05 Å². The Bertz CT molecular complexity index is 526. The number of phenolic OH excluding ortho intramolecular Hbond substituents is 1. The Morgan fingerprint density at radius 3 is 2.38 bits per heavy atom. The fourth-order valence-electron chi connectivity index (χ4n) is 1.63. The van der Waals surface area contributed by atoms with Crippen molar-refractivity contribution in [3.8, 4) is 16.9 Å². The minimum atomic E-state index is -0.955. The number of aromatic hydroxyl groups is 1. The summed E-state index contributed by atoms with van der Waals surface area (Å²) in [5, 5.41) is 18.2. The molecule has 1 aromatic carbocycles. The third-order valence-electron chi connectivity index (χ3n) is 2.36. The smallest absolute Gasteiger partial charge is 0.337 e. The van der Waals surface area contributed by atoms with Gasteiger partial charge in [-0.1, -0.05) is 12.1 Å². The zero-order valence-electron chi connectivity index (χ0n) is 8.71. The molecule has 0 fully saturated rings. The normalized spacial score (nSPS) is 10.3. The van der Waals surface area contributed by atoms with Crippen molar-refractivity contribution in [3.63, 3.8) is 0 Å². The van der Waals surface area contributed by atoms with Crippen LogP contribution in [0, 0.1) is 0 Å². The molecule has 0 aliphatic rings. The van der Waals surface area contributed by atoms with Gasteiger partial charge < -0.3 is 14.8 Å². The van der Waals surface area contributed by atoms with Crippen molar-refractivity contribution in [2.45, 2.75) is 0 Å². The van der Waals surface area contributed by atoms with Crippen molar-refractivity contribution in [1.29, 1.82) is 0 Å². The van der Waals surface area contributed by atoms with E-state index in [4.69, 9.17) is 10.2 Å². The molecule has 2 aromatic rings. The highest BCUT2D eigenvalue weighted by molar-refractivity contribution is 5.96. The standard InChI is InChI=1S/C12H11NO3/c1-13-6-10(11(7-13)12(15)16)8-2-4-9(14)5-3-8/h2-7,14H,1H3,(H,15,16). The van der Waals surface area contributed by atoms with Crippen LogP contribution in [0.1, 0.15) is 10.4 Å². The second-order valence-corrected chi connectivity index (χ2v) is 3.60. The average molecular weight is 217 g/mol. The number of nitrogens with zero attached hydrogens (tertiary/aromatic N) is 1. The van der Waals surface area contributed by atoms with Gasteiger partial charge in [0.05, 0.1) is 5.56 Å². The molecule has 0 aliphatic carbocycles. The van der Waals surface area contributed by atoms with Crippen molar-refractivity contribution in [3.05, 3.63) is 42.2 Å². The van der Waals surface area contributed by atoms with E-state index in [0.717, 1.165) is 5.56 Å². The summed E-state index contributed by atoms with van der Waals surface area (Å²) in [4.78, 5) is 11.0. The molecule has 0 radical (unpaired) electrons. The largest absolute Gasteiger partial charge is 0.508 e. The van der Waals surface area contributed by atoms with Crippen LogP contribution in [0.25, 0.3) is 11.1 Å². The van der Waals surface area contributed by atoms with Gasteiger partial charge in [0.25, 0.3) is 0 Å². The lowest BCUT2D eigenvalue weighted by Crippen LogP contribution is -1.96. The predicted octanol–water partition coefficient (Wildman–Crippen LogP) is 2.10. The molecule has 1 aromatic heterocycles. The highest BCUT2D eigenvalue weighted by atomic mass is 16.4. The number of phenols is 1. The number of rotatable bonds is 2. The zero-order chi connectivity index (χ0) is 11.7. The first kappa shape index (κ1) is 10.3. The topological polar surface area (TPSA) is 62.5 Å². The van der Waals surface area contributed by atoms with Crippen LogP contribution in [0.4, 0.5) is 0 Å². The van der Waals surface area contributed by atoms with Gasteiger partial charge >= 0.3 is 5.97 Å². The zero-order valence-corrected chi connectivity index (χ0v) is 8.71. The molecule has 0 spiro atoms. The van der Waals surface area contributed by atoms with Crippen LogP contribution in [0.5, 0.6) is 5.75 Å². The summed E-state index contributed by atoms with van der Waals surface area (Å²) in [5.41, 5.74) is 1.68. The molecule has 82 valence electrons. The van der Waals surface area contributed by atoms with Crippen LogP contribution in [0.15, 0.2) is 36.7 Å². The number of aromatic nitrogens is 1. The summed E-state index contributed by atoms with van der Waals surface area (Å²) in [6, 6.07) is 6.45. The van der Waals surface area contributed by atoms with Crippen molar-refractivity contribution >= 4 is 5.97 Å². The lowest BCUT2D eigenvalue weighted by Gasteiger charge is -2.00. The van der Waals surface area contributed by atoms with Gasteiger partial charge in [0.1, 0.15) is 5.75 Å². The van der Waals surface area contributed by atoms with Crippen molar-refractivity contribution in [2.75, 3.05) is 0 Å². The molecule has 0 saturated heterocycles. The molecule has 4 heteroatoms. The van der Waals surface area contributed by atoms with E-state index >= 15 is 0 Å². The van der Waals surface area contributed by atoms with Crippen LogP contribution in [-0.4, -0.2) is 20.7 Å². The maximum Gasteiger partial charge on any atom is 0.337 e. The van der Waals surface area contributed by atoms with Gasteiger partial charge in [0.15, 0.2) is 0 Å². The number of aryl methyl sites for hydroxylation is 1. The van der Waals surface area contributed by atoms with Gasteiger partial charge in [-0.3, -0.25) is 0 Å². The van der Waals surface area contributed by atoms with E-state index in [1.165, 1.54) is 12.1 Å². The third kappa shape index (κ3) is 1.77. The minimum absolute atomic E-state index is 0.163. The Morgan fingerprint density at radius 1 is 1.19 bits per heavy atom. The summed E-state index contributed by atoms with van der Waals surface area (Å²) in [6.45, 7) is 0. The molecule has 2 rings (SSSR count). The van der Waals surface area contributed by atoms with Gasteiger partial charge in [-0.05, 0) is 17.7 Å². The Balaban J connectivity index is 2.55. The highest BCUT2D eigenvalue weighted by Crippen LogP contribution is 2.26. The Morgan fingerprint density at radius 2 is 1.81 bits per heavy atom. The summed E-state index contributed by atoms with van der Waals surface area (Å²) in [6.07, 6.45) is 3.31. The molecule has 0 bridgehead atoms. The summed E-state index contributed by atoms with van der Waals surface area (Å²) in [5.74, 6) is -0.791. The molecule has 0 saturated carbocycles. The average Bonchev–Trinajstić information content (AvgIpc) is 2.61. The van der Waals surface area contributed by atoms with E-state index in [-0.39, 0.29) is 11.3 Å². The number of carboxylic acids is 1. The Hall–Kier alpha value is -2.23. The number of benzene rings is 1.